The van der Waals surface area contributed by atoms with Crippen LogP contribution in [0.25, 0.3) is 0 Å². The summed E-state index contributed by atoms with van der Waals surface area (Å²) in [5.74, 6) is 0.468. The van der Waals surface area contributed by atoms with Crippen LogP contribution >= 0.6 is 11.6 Å². The fraction of sp³-hybridized carbons (Fsp3) is 0.222. The maximum Gasteiger partial charge on any atom is 0.243 e. The third-order valence-electron chi connectivity index (χ3n) is 3.40. The number of hydrogen-bond donors (Lipinski definition) is 2. The number of anilines is 1. The summed E-state index contributed by atoms with van der Waals surface area (Å²) in [6, 6.07) is 12.0. The van der Waals surface area contributed by atoms with Crippen LogP contribution in [0.2, 0.25) is 5.02 Å². The molecule has 0 aromatic heterocycles. The van der Waals surface area contributed by atoms with Gasteiger partial charge < -0.3 is 20.1 Å². The number of amides is 2. The molecule has 0 fully saturated rings. The van der Waals surface area contributed by atoms with Crippen molar-refractivity contribution in [3.05, 3.63) is 53.1 Å². The summed E-state index contributed by atoms with van der Waals surface area (Å²) in [7, 11) is 3.04. The van der Waals surface area contributed by atoms with E-state index in [9.17, 15) is 9.59 Å². The van der Waals surface area contributed by atoms with E-state index in [-0.39, 0.29) is 24.8 Å². The lowest BCUT2D eigenvalue weighted by molar-refractivity contribution is -0.123. The first-order valence-electron chi connectivity index (χ1n) is 7.55. The van der Waals surface area contributed by atoms with Crippen molar-refractivity contribution in [2.24, 2.45) is 0 Å². The number of carbonyl (C=O) groups excluding carboxylic acids is 2. The molecule has 7 heteroatoms. The Kier molecular flexibility index (Phi) is 6.65. The van der Waals surface area contributed by atoms with Crippen LogP contribution in [-0.4, -0.2) is 32.6 Å². The van der Waals surface area contributed by atoms with Crippen molar-refractivity contribution >= 4 is 29.1 Å². The second-order valence-electron chi connectivity index (χ2n) is 5.19. The Morgan fingerprint density at radius 2 is 1.72 bits per heavy atom. The van der Waals surface area contributed by atoms with Crippen molar-refractivity contribution in [1.82, 2.24) is 5.32 Å². The quantitative estimate of drug-likeness (QED) is 0.794. The normalized spacial score (nSPS) is 10.0. The minimum Gasteiger partial charge on any atom is -0.497 e. The van der Waals surface area contributed by atoms with Gasteiger partial charge in [0, 0.05) is 11.1 Å². The van der Waals surface area contributed by atoms with E-state index >= 15 is 0 Å². The first-order chi connectivity index (χ1) is 12.0. The van der Waals surface area contributed by atoms with E-state index in [1.807, 2.05) is 0 Å². The molecular formula is C18H19ClN2O4. The lowest BCUT2D eigenvalue weighted by Gasteiger charge is -2.12. The van der Waals surface area contributed by atoms with Gasteiger partial charge in [-0.2, -0.15) is 0 Å². The average Bonchev–Trinajstić information content (AvgIpc) is 2.62. The maximum atomic E-state index is 12.0. The predicted molar refractivity (Wildman–Crippen MR) is 96.3 cm³/mol. The molecule has 25 heavy (non-hydrogen) atoms. The van der Waals surface area contributed by atoms with Crippen LogP contribution in [0.4, 0.5) is 5.69 Å². The Balaban J connectivity index is 1.88. The molecular weight excluding hydrogens is 344 g/mol. The summed E-state index contributed by atoms with van der Waals surface area (Å²) in [5, 5.41) is 5.87. The van der Waals surface area contributed by atoms with Gasteiger partial charge in [0.2, 0.25) is 11.8 Å². The molecule has 0 unspecified atom stereocenters. The molecule has 0 aliphatic carbocycles. The average molecular weight is 363 g/mol. The van der Waals surface area contributed by atoms with E-state index in [1.54, 1.807) is 42.5 Å². The third-order valence-corrected chi connectivity index (χ3v) is 3.66. The van der Waals surface area contributed by atoms with Gasteiger partial charge in [0.05, 0.1) is 32.9 Å². The zero-order valence-electron chi connectivity index (χ0n) is 14.0. The largest absolute Gasteiger partial charge is 0.497 e. The van der Waals surface area contributed by atoms with Gasteiger partial charge >= 0.3 is 0 Å². The van der Waals surface area contributed by atoms with Gasteiger partial charge in [0.15, 0.2) is 0 Å². The number of nitrogens with one attached hydrogen (secondary N) is 2. The lowest BCUT2D eigenvalue weighted by Crippen LogP contribution is -2.33. The maximum absolute atomic E-state index is 12.0. The molecule has 2 aromatic carbocycles. The molecule has 0 heterocycles. The van der Waals surface area contributed by atoms with E-state index in [0.29, 0.717) is 22.2 Å². The molecule has 0 radical (unpaired) electrons. The van der Waals surface area contributed by atoms with E-state index < -0.39 is 0 Å². The number of hydrogen-bond acceptors (Lipinski definition) is 4. The Bertz CT molecular complexity index is 747. The van der Waals surface area contributed by atoms with Gasteiger partial charge in [0.1, 0.15) is 11.5 Å². The highest BCUT2D eigenvalue weighted by atomic mass is 35.5. The number of ether oxygens (including phenoxy) is 2. The van der Waals surface area contributed by atoms with Gasteiger partial charge in [-0.15, -0.1) is 0 Å². The number of rotatable bonds is 7. The minimum absolute atomic E-state index is 0.146. The van der Waals surface area contributed by atoms with Crippen LogP contribution in [0.5, 0.6) is 11.5 Å². The van der Waals surface area contributed by atoms with Crippen LogP contribution in [0.15, 0.2) is 42.5 Å². The smallest absolute Gasteiger partial charge is 0.243 e. The molecule has 0 aliphatic rings. The van der Waals surface area contributed by atoms with E-state index in [2.05, 4.69) is 10.6 Å². The van der Waals surface area contributed by atoms with E-state index in [4.69, 9.17) is 21.1 Å². The van der Waals surface area contributed by atoms with E-state index in [0.717, 1.165) is 5.56 Å². The first kappa shape index (κ1) is 18.6. The summed E-state index contributed by atoms with van der Waals surface area (Å²) >= 11 is 5.80. The number of methoxy groups -OCH3 is 2. The molecule has 2 rings (SSSR count). The highest BCUT2D eigenvalue weighted by Crippen LogP contribution is 2.28. The molecule has 6 nitrogen and oxygen atoms in total. The number of benzene rings is 2. The summed E-state index contributed by atoms with van der Waals surface area (Å²) < 4.78 is 10.3. The molecule has 132 valence electrons. The number of carbonyl (C=O) groups is 2. The lowest BCUT2D eigenvalue weighted by atomic mass is 10.1. The second-order valence-corrected chi connectivity index (χ2v) is 5.63. The zero-order valence-corrected chi connectivity index (χ0v) is 14.7. The highest BCUT2D eigenvalue weighted by molar-refractivity contribution is 6.30. The van der Waals surface area contributed by atoms with Crippen LogP contribution < -0.4 is 20.1 Å². The fourth-order valence-corrected chi connectivity index (χ4v) is 2.26. The molecule has 0 spiro atoms. The second kappa shape index (κ2) is 8.94. The van der Waals surface area contributed by atoms with Crippen LogP contribution in [0.3, 0.4) is 0 Å². The molecule has 0 bridgehead atoms. The van der Waals surface area contributed by atoms with Gasteiger partial charge in [0.25, 0.3) is 0 Å². The van der Waals surface area contributed by atoms with Crippen LogP contribution in [0, 0.1) is 0 Å². The summed E-state index contributed by atoms with van der Waals surface area (Å²) in [6.07, 6.45) is 0.174. The Labute approximate surface area is 151 Å². The summed E-state index contributed by atoms with van der Waals surface area (Å²) in [6.45, 7) is -0.146. The highest BCUT2D eigenvalue weighted by Gasteiger charge is 2.11. The van der Waals surface area contributed by atoms with Crippen LogP contribution in [0.1, 0.15) is 5.56 Å². The van der Waals surface area contributed by atoms with Crippen molar-refractivity contribution in [2.45, 2.75) is 6.42 Å². The molecule has 0 saturated heterocycles. The summed E-state index contributed by atoms with van der Waals surface area (Å²) in [5.41, 5.74) is 1.29. The first-order valence-corrected chi connectivity index (χ1v) is 7.92. The number of halogens is 1. The summed E-state index contributed by atoms with van der Waals surface area (Å²) in [4.78, 5) is 24.0. The van der Waals surface area contributed by atoms with Crippen molar-refractivity contribution in [3.63, 3.8) is 0 Å². The monoisotopic (exact) mass is 362 g/mol. The Morgan fingerprint density at radius 1 is 1.00 bits per heavy atom. The van der Waals surface area contributed by atoms with Gasteiger partial charge in [-0.25, -0.2) is 0 Å². The minimum atomic E-state index is -0.365. The van der Waals surface area contributed by atoms with Gasteiger partial charge in [-0.1, -0.05) is 23.7 Å². The predicted octanol–water partition coefficient (Wildman–Crippen LogP) is 2.65. The molecule has 0 atom stereocenters. The molecule has 2 aromatic rings. The molecule has 0 saturated carbocycles. The van der Waals surface area contributed by atoms with Crippen molar-refractivity contribution < 1.29 is 19.1 Å². The molecule has 0 aliphatic heterocycles. The Morgan fingerprint density at radius 3 is 2.36 bits per heavy atom. The van der Waals surface area contributed by atoms with Crippen LogP contribution in [-0.2, 0) is 16.0 Å². The van der Waals surface area contributed by atoms with Gasteiger partial charge in [-0.3, -0.25) is 9.59 Å². The van der Waals surface area contributed by atoms with Crippen molar-refractivity contribution in [3.8, 4) is 11.5 Å². The van der Waals surface area contributed by atoms with E-state index in [1.165, 1.54) is 14.2 Å². The SMILES string of the molecule is COc1ccc(OC)c(NC(=O)CNC(=O)Cc2ccc(Cl)cc2)c1. The van der Waals surface area contributed by atoms with Crippen molar-refractivity contribution in [2.75, 3.05) is 26.1 Å². The van der Waals surface area contributed by atoms with Gasteiger partial charge in [-0.05, 0) is 29.8 Å². The fourth-order valence-electron chi connectivity index (χ4n) is 2.14. The zero-order chi connectivity index (χ0) is 18.2. The third kappa shape index (κ3) is 5.69. The molecule has 2 amide bonds. The topological polar surface area (TPSA) is 76.7 Å². The standard InChI is InChI=1S/C18H19ClN2O4/c1-24-14-7-8-16(25-2)15(10-14)21-18(23)11-20-17(22)9-12-3-5-13(19)6-4-12/h3-8,10H,9,11H2,1-2H3,(H,20,22)(H,21,23). The molecule has 2 N–H and O–H groups in total. The van der Waals surface area contributed by atoms with Crippen molar-refractivity contribution in [1.29, 1.82) is 0 Å². The Hall–Kier alpha value is -2.73.